The van der Waals surface area contributed by atoms with Crippen LogP contribution in [-0.2, 0) is 4.79 Å². The van der Waals surface area contributed by atoms with E-state index in [4.69, 9.17) is 11.6 Å². The van der Waals surface area contributed by atoms with Gasteiger partial charge < -0.3 is 9.90 Å². The second-order valence-corrected chi connectivity index (χ2v) is 4.12. The van der Waals surface area contributed by atoms with Crippen molar-refractivity contribution in [1.29, 1.82) is 0 Å². The van der Waals surface area contributed by atoms with E-state index in [-0.39, 0.29) is 0 Å². The Balaban J connectivity index is 2.30. The molecule has 0 aliphatic rings. The van der Waals surface area contributed by atoms with Crippen molar-refractivity contribution in [3.05, 3.63) is 29.3 Å². The molecule has 0 fully saturated rings. The average Bonchev–Trinajstić information content (AvgIpc) is 2.80. The number of tetrazole rings is 1. The van der Waals surface area contributed by atoms with E-state index in [9.17, 15) is 9.90 Å². The molecule has 6 nitrogen and oxygen atoms in total. The summed E-state index contributed by atoms with van der Waals surface area (Å²) >= 11 is 5.77. The molecule has 1 atom stereocenters. The number of hydrogen-bond donors (Lipinski definition) is 0. The lowest BCUT2D eigenvalue weighted by Gasteiger charge is -2.13. The lowest BCUT2D eigenvalue weighted by molar-refractivity contribution is -0.311. The first-order chi connectivity index (χ1) is 8.61. The van der Waals surface area contributed by atoms with Gasteiger partial charge in [0.05, 0.1) is 5.97 Å². The molecule has 0 aliphatic heterocycles. The van der Waals surface area contributed by atoms with Crippen LogP contribution >= 0.6 is 11.6 Å². The summed E-state index contributed by atoms with van der Waals surface area (Å²) in [6.45, 7) is 1.71. The third-order valence-corrected chi connectivity index (χ3v) is 2.72. The second-order valence-electron chi connectivity index (χ2n) is 3.68. The molecule has 0 saturated carbocycles. The van der Waals surface area contributed by atoms with E-state index in [0.717, 1.165) is 10.4 Å². The molecule has 0 bridgehead atoms. The number of benzene rings is 1. The van der Waals surface area contributed by atoms with E-state index in [0.29, 0.717) is 17.3 Å². The molecular weight excluding hydrogens is 256 g/mol. The van der Waals surface area contributed by atoms with Gasteiger partial charge in [-0.3, -0.25) is 0 Å². The van der Waals surface area contributed by atoms with Gasteiger partial charge >= 0.3 is 0 Å². The minimum Gasteiger partial charge on any atom is -0.548 e. The van der Waals surface area contributed by atoms with Crippen LogP contribution in [-0.4, -0.2) is 26.2 Å². The topological polar surface area (TPSA) is 83.7 Å². The molecule has 0 amide bonds. The van der Waals surface area contributed by atoms with Crippen LogP contribution in [0.25, 0.3) is 11.4 Å². The van der Waals surface area contributed by atoms with Crippen molar-refractivity contribution in [3.63, 3.8) is 0 Å². The standard InChI is InChI=1S/C11H11ClN4O2/c1-2-9(11(17)18)16-14-10(13-15-16)7-3-5-8(12)6-4-7/h3-6,9H,2H2,1H3,(H,17,18)/p-1/t9-/m1/s1. The molecule has 0 saturated heterocycles. The van der Waals surface area contributed by atoms with Gasteiger partial charge in [-0.1, -0.05) is 18.5 Å². The number of carboxylic acid groups (broad SMARTS) is 1. The van der Waals surface area contributed by atoms with E-state index in [1.807, 2.05) is 0 Å². The predicted molar refractivity (Wildman–Crippen MR) is 62.6 cm³/mol. The minimum atomic E-state index is -1.22. The molecule has 0 N–H and O–H groups in total. The number of carbonyl (C=O) groups is 1. The lowest BCUT2D eigenvalue weighted by atomic mass is 10.2. The Morgan fingerprint density at radius 3 is 2.67 bits per heavy atom. The zero-order valence-corrected chi connectivity index (χ0v) is 10.3. The van der Waals surface area contributed by atoms with Gasteiger partial charge in [-0.15, -0.1) is 10.2 Å². The number of carbonyl (C=O) groups excluding carboxylic acids is 1. The normalized spacial score (nSPS) is 12.3. The van der Waals surface area contributed by atoms with Crippen LogP contribution in [0.2, 0.25) is 5.02 Å². The summed E-state index contributed by atoms with van der Waals surface area (Å²) in [4.78, 5) is 11.9. The maximum absolute atomic E-state index is 10.9. The molecule has 7 heteroatoms. The zero-order valence-electron chi connectivity index (χ0n) is 9.58. The Kier molecular flexibility index (Phi) is 3.57. The SMILES string of the molecule is CC[C@H](C(=O)[O-])n1nnc(-c2ccc(Cl)cc2)n1. The van der Waals surface area contributed by atoms with Crippen LogP contribution in [0.3, 0.4) is 0 Å². The summed E-state index contributed by atoms with van der Waals surface area (Å²) < 4.78 is 0. The first kappa shape index (κ1) is 12.5. The van der Waals surface area contributed by atoms with Crippen molar-refractivity contribution < 1.29 is 9.90 Å². The third kappa shape index (κ3) is 2.48. The highest BCUT2D eigenvalue weighted by atomic mass is 35.5. The quantitative estimate of drug-likeness (QED) is 0.812. The summed E-state index contributed by atoms with van der Waals surface area (Å²) in [6, 6.07) is 5.98. The maximum Gasteiger partial charge on any atom is 0.204 e. The van der Waals surface area contributed by atoms with Crippen LogP contribution in [0.15, 0.2) is 24.3 Å². The average molecular weight is 266 g/mol. The van der Waals surface area contributed by atoms with E-state index in [1.54, 1.807) is 31.2 Å². The Bertz CT molecular complexity index is 552. The van der Waals surface area contributed by atoms with Crippen LogP contribution < -0.4 is 5.11 Å². The van der Waals surface area contributed by atoms with Gasteiger partial charge in [-0.25, -0.2) is 0 Å². The fourth-order valence-electron chi connectivity index (χ4n) is 1.50. The number of nitrogens with zero attached hydrogens (tertiary/aromatic N) is 4. The molecule has 0 aliphatic carbocycles. The number of aliphatic carboxylic acids is 1. The first-order valence-corrected chi connectivity index (χ1v) is 5.76. The monoisotopic (exact) mass is 265 g/mol. The van der Waals surface area contributed by atoms with Crippen LogP contribution in [0.5, 0.6) is 0 Å². The molecular formula is C11H10ClN4O2-. The Morgan fingerprint density at radius 1 is 1.44 bits per heavy atom. The summed E-state index contributed by atoms with van der Waals surface area (Å²) in [5.41, 5.74) is 0.721. The highest BCUT2D eigenvalue weighted by Gasteiger charge is 2.14. The molecule has 18 heavy (non-hydrogen) atoms. The van der Waals surface area contributed by atoms with Crippen LogP contribution in [0.1, 0.15) is 19.4 Å². The molecule has 1 aromatic carbocycles. The van der Waals surface area contributed by atoms with E-state index in [1.165, 1.54) is 0 Å². The number of aromatic nitrogens is 4. The van der Waals surface area contributed by atoms with Crippen LogP contribution in [0, 0.1) is 0 Å². The van der Waals surface area contributed by atoms with E-state index < -0.39 is 12.0 Å². The van der Waals surface area contributed by atoms with E-state index in [2.05, 4.69) is 15.4 Å². The van der Waals surface area contributed by atoms with Crippen molar-refractivity contribution in [2.45, 2.75) is 19.4 Å². The molecule has 1 heterocycles. The van der Waals surface area contributed by atoms with Gasteiger partial charge in [0.2, 0.25) is 5.82 Å². The first-order valence-electron chi connectivity index (χ1n) is 5.38. The van der Waals surface area contributed by atoms with Gasteiger partial charge in [-0.2, -0.15) is 4.80 Å². The second kappa shape index (κ2) is 5.14. The highest BCUT2D eigenvalue weighted by Crippen LogP contribution is 2.18. The van der Waals surface area contributed by atoms with Crippen molar-refractivity contribution in [1.82, 2.24) is 20.2 Å². The fraction of sp³-hybridized carbons (Fsp3) is 0.273. The fourth-order valence-corrected chi connectivity index (χ4v) is 1.62. The van der Waals surface area contributed by atoms with Gasteiger partial charge in [0.1, 0.15) is 6.04 Å². The van der Waals surface area contributed by atoms with Gasteiger partial charge in [0.15, 0.2) is 0 Å². The summed E-state index contributed by atoms with van der Waals surface area (Å²) in [7, 11) is 0. The summed E-state index contributed by atoms with van der Waals surface area (Å²) in [5.74, 6) is -0.871. The molecule has 0 radical (unpaired) electrons. The molecule has 2 rings (SSSR count). The highest BCUT2D eigenvalue weighted by molar-refractivity contribution is 6.30. The summed E-state index contributed by atoms with van der Waals surface area (Å²) in [5, 5.41) is 23.0. The Labute approximate surface area is 108 Å². The number of rotatable bonds is 4. The molecule has 94 valence electrons. The number of hydrogen-bond acceptors (Lipinski definition) is 5. The molecule has 2 aromatic rings. The van der Waals surface area contributed by atoms with Gasteiger partial charge in [0, 0.05) is 10.6 Å². The maximum atomic E-state index is 10.9. The number of carboxylic acids is 1. The van der Waals surface area contributed by atoms with Gasteiger partial charge in [0.25, 0.3) is 0 Å². The zero-order chi connectivity index (χ0) is 13.1. The Morgan fingerprint density at radius 2 is 2.11 bits per heavy atom. The molecule has 1 aromatic heterocycles. The molecule has 0 spiro atoms. The van der Waals surface area contributed by atoms with Crippen molar-refractivity contribution in [2.75, 3.05) is 0 Å². The van der Waals surface area contributed by atoms with Crippen molar-refractivity contribution >= 4 is 17.6 Å². The van der Waals surface area contributed by atoms with Crippen molar-refractivity contribution in [2.24, 2.45) is 0 Å². The predicted octanol–water partition coefficient (Wildman–Crippen LogP) is 0.694. The molecule has 0 unspecified atom stereocenters. The largest absolute Gasteiger partial charge is 0.548 e. The van der Waals surface area contributed by atoms with Gasteiger partial charge in [-0.05, 0) is 35.9 Å². The smallest absolute Gasteiger partial charge is 0.204 e. The summed E-state index contributed by atoms with van der Waals surface area (Å²) in [6.07, 6.45) is 0.332. The Hall–Kier alpha value is -1.95. The number of halogens is 1. The minimum absolute atomic E-state index is 0.332. The van der Waals surface area contributed by atoms with Crippen LogP contribution in [0.4, 0.5) is 0 Å². The van der Waals surface area contributed by atoms with E-state index >= 15 is 0 Å². The lowest BCUT2D eigenvalue weighted by Crippen LogP contribution is -2.34. The van der Waals surface area contributed by atoms with Crippen molar-refractivity contribution in [3.8, 4) is 11.4 Å². The third-order valence-electron chi connectivity index (χ3n) is 2.47.